The standard InChI is InChI=1S/C16H31NO2/c1-6-17(7-2)16(12-15(18)19-8-3)11-9-10-13(4)14(16)5/h13-14H,6-12H2,1-5H3. The molecule has 0 saturated heterocycles. The van der Waals surface area contributed by atoms with Crippen molar-refractivity contribution >= 4 is 5.97 Å². The SMILES string of the molecule is CCOC(=O)CC1(N(CC)CC)CCCC(C)C1C. The van der Waals surface area contributed by atoms with E-state index in [1.54, 1.807) is 0 Å². The van der Waals surface area contributed by atoms with Crippen molar-refractivity contribution in [2.45, 2.75) is 65.8 Å². The van der Waals surface area contributed by atoms with Crippen molar-refractivity contribution in [2.75, 3.05) is 19.7 Å². The Morgan fingerprint density at radius 2 is 1.89 bits per heavy atom. The predicted molar refractivity (Wildman–Crippen MR) is 79.1 cm³/mol. The molecule has 0 heterocycles. The zero-order chi connectivity index (χ0) is 14.5. The summed E-state index contributed by atoms with van der Waals surface area (Å²) in [6, 6.07) is 0. The molecule has 1 aliphatic carbocycles. The molecule has 0 spiro atoms. The van der Waals surface area contributed by atoms with Gasteiger partial charge in [-0.1, -0.05) is 40.5 Å². The number of hydrogen-bond donors (Lipinski definition) is 0. The van der Waals surface area contributed by atoms with Gasteiger partial charge in [-0.05, 0) is 38.3 Å². The molecular weight excluding hydrogens is 238 g/mol. The minimum Gasteiger partial charge on any atom is -0.466 e. The Kier molecular flexibility index (Phi) is 6.31. The fraction of sp³-hybridized carbons (Fsp3) is 0.938. The van der Waals surface area contributed by atoms with Gasteiger partial charge in [0, 0.05) is 5.54 Å². The van der Waals surface area contributed by atoms with Crippen LogP contribution < -0.4 is 0 Å². The first-order valence-corrected chi connectivity index (χ1v) is 7.92. The number of rotatable bonds is 6. The van der Waals surface area contributed by atoms with Gasteiger partial charge < -0.3 is 4.74 Å². The van der Waals surface area contributed by atoms with Gasteiger partial charge >= 0.3 is 5.97 Å². The average molecular weight is 269 g/mol. The fourth-order valence-electron chi connectivity index (χ4n) is 3.86. The van der Waals surface area contributed by atoms with Gasteiger partial charge in [0.1, 0.15) is 0 Å². The zero-order valence-corrected chi connectivity index (χ0v) is 13.4. The van der Waals surface area contributed by atoms with E-state index in [0.717, 1.165) is 19.5 Å². The molecule has 0 N–H and O–H groups in total. The molecule has 3 nitrogen and oxygen atoms in total. The van der Waals surface area contributed by atoms with E-state index in [1.807, 2.05) is 6.92 Å². The topological polar surface area (TPSA) is 29.5 Å². The van der Waals surface area contributed by atoms with E-state index in [0.29, 0.717) is 24.9 Å². The zero-order valence-electron chi connectivity index (χ0n) is 13.4. The molecule has 19 heavy (non-hydrogen) atoms. The van der Waals surface area contributed by atoms with Gasteiger partial charge in [0.25, 0.3) is 0 Å². The maximum atomic E-state index is 12.1. The fourth-order valence-corrected chi connectivity index (χ4v) is 3.86. The highest BCUT2D eigenvalue weighted by Crippen LogP contribution is 2.44. The highest BCUT2D eigenvalue weighted by Gasteiger charge is 2.46. The second kappa shape index (κ2) is 7.28. The lowest BCUT2D eigenvalue weighted by atomic mass is 9.65. The van der Waals surface area contributed by atoms with Gasteiger partial charge in [0.15, 0.2) is 0 Å². The number of esters is 1. The van der Waals surface area contributed by atoms with E-state index in [2.05, 4.69) is 32.6 Å². The van der Waals surface area contributed by atoms with Crippen LogP contribution >= 0.6 is 0 Å². The minimum absolute atomic E-state index is 0.00736. The lowest BCUT2D eigenvalue weighted by Gasteiger charge is -2.52. The summed E-state index contributed by atoms with van der Waals surface area (Å²) in [5.41, 5.74) is 0.00736. The lowest BCUT2D eigenvalue weighted by molar-refractivity contribution is -0.149. The number of hydrogen-bond acceptors (Lipinski definition) is 3. The van der Waals surface area contributed by atoms with E-state index >= 15 is 0 Å². The molecule has 0 aromatic carbocycles. The second-order valence-corrected chi connectivity index (χ2v) is 5.92. The van der Waals surface area contributed by atoms with Crippen LogP contribution in [0.2, 0.25) is 0 Å². The van der Waals surface area contributed by atoms with Crippen LogP contribution in [-0.2, 0) is 9.53 Å². The smallest absolute Gasteiger partial charge is 0.307 e. The quantitative estimate of drug-likeness (QED) is 0.691. The van der Waals surface area contributed by atoms with Crippen molar-refractivity contribution in [2.24, 2.45) is 11.8 Å². The molecular formula is C16H31NO2. The maximum absolute atomic E-state index is 12.1. The molecule has 0 bridgehead atoms. The summed E-state index contributed by atoms with van der Waals surface area (Å²) in [5, 5.41) is 0. The van der Waals surface area contributed by atoms with Crippen molar-refractivity contribution in [1.82, 2.24) is 4.90 Å². The Hall–Kier alpha value is -0.570. The van der Waals surface area contributed by atoms with Gasteiger partial charge in [-0.2, -0.15) is 0 Å². The average Bonchev–Trinajstić information content (AvgIpc) is 2.37. The molecule has 1 rings (SSSR count). The third kappa shape index (κ3) is 3.50. The molecule has 0 aromatic heterocycles. The van der Waals surface area contributed by atoms with Crippen LogP contribution in [0.4, 0.5) is 0 Å². The summed E-state index contributed by atoms with van der Waals surface area (Å²) in [6.07, 6.45) is 4.18. The van der Waals surface area contributed by atoms with Gasteiger partial charge in [-0.25, -0.2) is 0 Å². The summed E-state index contributed by atoms with van der Waals surface area (Å²) < 4.78 is 5.23. The van der Waals surface area contributed by atoms with Crippen LogP contribution in [0.3, 0.4) is 0 Å². The van der Waals surface area contributed by atoms with E-state index in [1.165, 1.54) is 12.8 Å². The number of carbonyl (C=O) groups is 1. The van der Waals surface area contributed by atoms with Crippen LogP contribution in [0.5, 0.6) is 0 Å². The molecule has 3 atom stereocenters. The Balaban J connectivity index is 2.98. The molecule has 3 heteroatoms. The van der Waals surface area contributed by atoms with Crippen molar-refractivity contribution in [3.63, 3.8) is 0 Å². The summed E-state index contributed by atoms with van der Waals surface area (Å²) in [7, 11) is 0. The van der Waals surface area contributed by atoms with E-state index in [4.69, 9.17) is 4.74 Å². The summed E-state index contributed by atoms with van der Waals surface area (Å²) in [4.78, 5) is 14.5. The first kappa shape index (κ1) is 16.5. The highest BCUT2D eigenvalue weighted by molar-refractivity contribution is 5.71. The molecule has 1 saturated carbocycles. The summed E-state index contributed by atoms with van der Waals surface area (Å²) >= 11 is 0. The van der Waals surface area contributed by atoms with Crippen LogP contribution in [0, 0.1) is 11.8 Å². The molecule has 0 aromatic rings. The number of carbonyl (C=O) groups excluding carboxylic acids is 1. The van der Waals surface area contributed by atoms with Gasteiger partial charge in [-0.15, -0.1) is 0 Å². The van der Waals surface area contributed by atoms with Gasteiger partial charge in [-0.3, -0.25) is 9.69 Å². The molecule has 3 unspecified atom stereocenters. The van der Waals surface area contributed by atoms with Crippen molar-refractivity contribution in [1.29, 1.82) is 0 Å². The summed E-state index contributed by atoms with van der Waals surface area (Å²) in [5.74, 6) is 1.20. The Morgan fingerprint density at radius 1 is 1.26 bits per heavy atom. The number of ether oxygens (including phenoxy) is 1. The van der Waals surface area contributed by atoms with Crippen LogP contribution in [0.25, 0.3) is 0 Å². The van der Waals surface area contributed by atoms with Crippen molar-refractivity contribution < 1.29 is 9.53 Å². The molecule has 0 radical (unpaired) electrons. The molecule has 0 aliphatic heterocycles. The Bertz CT molecular complexity index is 284. The first-order chi connectivity index (χ1) is 9.01. The van der Waals surface area contributed by atoms with E-state index < -0.39 is 0 Å². The first-order valence-electron chi connectivity index (χ1n) is 7.92. The minimum atomic E-state index is -0.0321. The Morgan fingerprint density at radius 3 is 2.42 bits per heavy atom. The van der Waals surface area contributed by atoms with Gasteiger partial charge in [0.2, 0.25) is 0 Å². The lowest BCUT2D eigenvalue weighted by Crippen LogP contribution is -2.57. The van der Waals surface area contributed by atoms with Crippen LogP contribution in [0.15, 0.2) is 0 Å². The third-order valence-electron chi connectivity index (χ3n) is 5.12. The van der Waals surface area contributed by atoms with E-state index in [9.17, 15) is 4.79 Å². The third-order valence-corrected chi connectivity index (χ3v) is 5.12. The Labute approximate surface area is 118 Å². The van der Waals surface area contributed by atoms with Crippen LogP contribution in [-0.4, -0.2) is 36.1 Å². The van der Waals surface area contributed by atoms with E-state index in [-0.39, 0.29) is 11.5 Å². The largest absolute Gasteiger partial charge is 0.466 e. The summed E-state index contributed by atoms with van der Waals surface area (Å²) in [6.45, 7) is 13.4. The van der Waals surface area contributed by atoms with Crippen molar-refractivity contribution in [3.05, 3.63) is 0 Å². The van der Waals surface area contributed by atoms with Crippen LogP contribution in [0.1, 0.15) is 60.3 Å². The molecule has 1 aliphatic rings. The highest BCUT2D eigenvalue weighted by atomic mass is 16.5. The molecule has 1 fully saturated rings. The molecule has 0 amide bonds. The maximum Gasteiger partial charge on any atom is 0.307 e. The molecule has 112 valence electrons. The second-order valence-electron chi connectivity index (χ2n) is 5.92. The monoisotopic (exact) mass is 269 g/mol. The van der Waals surface area contributed by atoms with Crippen molar-refractivity contribution in [3.8, 4) is 0 Å². The number of nitrogens with zero attached hydrogens (tertiary/aromatic N) is 1. The normalized spacial score (nSPS) is 31.5. The predicted octanol–water partition coefficient (Wildman–Crippen LogP) is 3.48. The van der Waals surface area contributed by atoms with Gasteiger partial charge in [0.05, 0.1) is 13.0 Å².